The fourth-order valence-corrected chi connectivity index (χ4v) is 4.70. The highest BCUT2D eigenvalue weighted by Crippen LogP contribution is 2.35. The van der Waals surface area contributed by atoms with Crippen LogP contribution in [0.4, 0.5) is 5.69 Å². The quantitative estimate of drug-likeness (QED) is 0.558. The Hall–Kier alpha value is -2.74. The first kappa shape index (κ1) is 16.7. The molecule has 1 atom stereocenters. The maximum atomic E-state index is 12.5. The Morgan fingerprint density at radius 1 is 1.46 bits per heavy atom. The van der Waals surface area contributed by atoms with Crippen LogP contribution in [0.1, 0.15) is 29.6 Å². The van der Waals surface area contributed by atoms with Gasteiger partial charge in [0.1, 0.15) is 23.0 Å². The van der Waals surface area contributed by atoms with Crippen LogP contribution >= 0.6 is 11.3 Å². The Morgan fingerprint density at radius 2 is 2.31 bits per heavy atom. The highest BCUT2D eigenvalue weighted by atomic mass is 32.1. The SMILES string of the molecule is C[C@H]1CCc2c(sc3nc(COc4cccc([N+](=O)[O-])c4)[nH]c(=O)c23)C1. The first-order valence-electron chi connectivity index (χ1n) is 8.42. The van der Waals surface area contributed by atoms with Crippen LogP contribution in [0.15, 0.2) is 29.1 Å². The van der Waals surface area contributed by atoms with Crippen LogP contribution < -0.4 is 10.3 Å². The van der Waals surface area contributed by atoms with Crippen LogP contribution in [0.3, 0.4) is 0 Å². The molecule has 2 heterocycles. The fourth-order valence-electron chi connectivity index (χ4n) is 3.30. The van der Waals surface area contributed by atoms with E-state index >= 15 is 0 Å². The Balaban J connectivity index is 1.61. The monoisotopic (exact) mass is 371 g/mol. The molecular formula is C18H17N3O4S. The molecule has 0 spiro atoms. The van der Waals surface area contributed by atoms with Gasteiger partial charge in [-0.15, -0.1) is 11.3 Å². The lowest BCUT2D eigenvalue weighted by molar-refractivity contribution is -0.384. The van der Waals surface area contributed by atoms with Crippen LogP contribution in [-0.4, -0.2) is 14.9 Å². The number of nitro benzene ring substituents is 1. The normalized spacial score (nSPS) is 16.4. The number of rotatable bonds is 4. The molecule has 1 aromatic carbocycles. The average molecular weight is 371 g/mol. The molecule has 8 heteroatoms. The molecule has 7 nitrogen and oxygen atoms in total. The Bertz CT molecular complexity index is 1060. The van der Waals surface area contributed by atoms with Gasteiger partial charge in [-0.1, -0.05) is 13.0 Å². The molecule has 0 aliphatic heterocycles. The summed E-state index contributed by atoms with van der Waals surface area (Å²) in [6.45, 7) is 2.27. The van der Waals surface area contributed by atoms with Crippen LogP contribution in [0.5, 0.6) is 5.75 Å². The van der Waals surface area contributed by atoms with E-state index in [2.05, 4.69) is 16.9 Å². The van der Waals surface area contributed by atoms with Crippen LogP contribution in [0.25, 0.3) is 10.2 Å². The third-order valence-electron chi connectivity index (χ3n) is 4.62. The fraction of sp³-hybridized carbons (Fsp3) is 0.333. The van der Waals surface area contributed by atoms with E-state index in [0.29, 0.717) is 22.9 Å². The van der Waals surface area contributed by atoms with Crippen molar-refractivity contribution in [3.8, 4) is 5.75 Å². The molecule has 1 aliphatic carbocycles. The smallest absolute Gasteiger partial charge is 0.273 e. The standard InChI is InChI=1S/C18H17N3O4S/c1-10-5-6-13-14(7-10)26-18-16(13)17(22)19-15(20-18)9-25-12-4-2-3-11(8-12)21(23)24/h2-4,8,10H,5-7,9H2,1H3,(H,19,20,22)/t10-/m0/s1. The van der Waals surface area contributed by atoms with Gasteiger partial charge in [0.05, 0.1) is 16.4 Å². The van der Waals surface area contributed by atoms with Gasteiger partial charge in [-0.3, -0.25) is 14.9 Å². The predicted molar refractivity (Wildman–Crippen MR) is 98.9 cm³/mol. The second kappa shape index (κ2) is 6.53. The van der Waals surface area contributed by atoms with Gasteiger partial charge in [-0.05, 0) is 36.8 Å². The minimum Gasteiger partial charge on any atom is -0.485 e. The molecule has 1 N–H and O–H groups in total. The molecule has 0 unspecified atom stereocenters. The molecule has 2 aromatic heterocycles. The molecule has 1 aliphatic rings. The van der Waals surface area contributed by atoms with Crippen molar-refractivity contribution >= 4 is 27.2 Å². The van der Waals surface area contributed by atoms with E-state index in [1.54, 1.807) is 23.5 Å². The topological polar surface area (TPSA) is 98.1 Å². The molecule has 0 saturated carbocycles. The van der Waals surface area contributed by atoms with Crippen molar-refractivity contribution in [1.29, 1.82) is 0 Å². The molecule has 0 saturated heterocycles. The van der Waals surface area contributed by atoms with Crippen molar-refractivity contribution in [2.24, 2.45) is 5.92 Å². The van der Waals surface area contributed by atoms with Gasteiger partial charge in [-0.25, -0.2) is 4.98 Å². The molecule has 26 heavy (non-hydrogen) atoms. The second-order valence-corrected chi connectivity index (χ2v) is 7.67. The predicted octanol–water partition coefficient (Wildman–Crippen LogP) is 3.60. The summed E-state index contributed by atoms with van der Waals surface area (Å²) in [4.78, 5) is 32.2. The van der Waals surface area contributed by atoms with Crippen molar-refractivity contribution in [2.75, 3.05) is 0 Å². The Labute approximate surface area is 152 Å². The van der Waals surface area contributed by atoms with E-state index in [1.165, 1.54) is 17.0 Å². The number of nitrogens with zero attached hydrogens (tertiary/aromatic N) is 2. The summed E-state index contributed by atoms with van der Waals surface area (Å²) in [7, 11) is 0. The Morgan fingerprint density at radius 3 is 3.12 bits per heavy atom. The Kier molecular flexibility index (Phi) is 4.20. The number of aromatic amines is 1. The van der Waals surface area contributed by atoms with Crippen molar-refractivity contribution in [1.82, 2.24) is 9.97 Å². The number of thiophene rings is 1. The first-order valence-corrected chi connectivity index (χ1v) is 9.23. The van der Waals surface area contributed by atoms with E-state index in [0.717, 1.165) is 29.7 Å². The number of nitrogens with one attached hydrogen (secondary N) is 1. The molecule has 0 fully saturated rings. The third kappa shape index (κ3) is 3.08. The third-order valence-corrected chi connectivity index (χ3v) is 5.77. The molecule has 0 radical (unpaired) electrons. The number of aromatic nitrogens is 2. The number of nitro groups is 1. The number of aryl methyl sites for hydroxylation is 1. The van der Waals surface area contributed by atoms with E-state index in [9.17, 15) is 14.9 Å². The lowest BCUT2D eigenvalue weighted by atomic mass is 9.89. The van der Waals surface area contributed by atoms with Crippen molar-refractivity contribution in [2.45, 2.75) is 32.8 Å². The van der Waals surface area contributed by atoms with E-state index in [-0.39, 0.29) is 17.9 Å². The average Bonchev–Trinajstić information content (AvgIpc) is 2.97. The lowest BCUT2D eigenvalue weighted by Gasteiger charge is -2.17. The molecule has 4 rings (SSSR count). The molecule has 134 valence electrons. The zero-order valence-electron chi connectivity index (χ0n) is 14.2. The maximum absolute atomic E-state index is 12.5. The molecule has 3 aromatic rings. The largest absolute Gasteiger partial charge is 0.485 e. The zero-order valence-corrected chi connectivity index (χ0v) is 15.0. The van der Waals surface area contributed by atoms with Crippen molar-refractivity contribution < 1.29 is 9.66 Å². The van der Waals surface area contributed by atoms with Gasteiger partial charge in [0.25, 0.3) is 11.2 Å². The highest BCUT2D eigenvalue weighted by molar-refractivity contribution is 7.18. The lowest BCUT2D eigenvalue weighted by Crippen LogP contribution is -2.15. The number of hydrogen-bond acceptors (Lipinski definition) is 6. The minimum absolute atomic E-state index is 0.0422. The van der Waals surface area contributed by atoms with Crippen LogP contribution in [0.2, 0.25) is 0 Å². The number of non-ortho nitro benzene ring substituents is 1. The van der Waals surface area contributed by atoms with Crippen LogP contribution in [-0.2, 0) is 19.4 Å². The summed E-state index contributed by atoms with van der Waals surface area (Å²) in [6.07, 6.45) is 3.01. The summed E-state index contributed by atoms with van der Waals surface area (Å²) in [5.74, 6) is 1.41. The van der Waals surface area contributed by atoms with Gasteiger partial charge < -0.3 is 9.72 Å². The summed E-state index contributed by atoms with van der Waals surface area (Å²) in [5.41, 5.74) is 0.960. The van der Waals surface area contributed by atoms with E-state index in [1.807, 2.05) is 0 Å². The molecule has 0 amide bonds. The summed E-state index contributed by atoms with van der Waals surface area (Å²) < 4.78 is 5.57. The van der Waals surface area contributed by atoms with Crippen molar-refractivity contribution in [3.05, 3.63) is 61.0 Å². The number of fused-ring (bicyclic) bond motifs is 3. The minimum atomic E-state index is -0.476. The number of benzene rings is 1. The van der Waals surface area contributed by atoms with Gasteiger partial charge in [0.2, 0.25) is 0 Å². The number of hydrogen-bond donors (Lipinski definition) is 1. The molecular weight excluding hydrogens is 354 g/mol. The zero-order chi connectivity index (χ0) is 18.3. The van der Waals surface area contributed by atoms with Gasteiger partial charge >= 0.3 is 0 Å². The second-order valence-electron chi connectivity index (χ2n) is 6.59. The molecule has 0 bridgehead atoms. The first-order chi connectivity index (χ1) is 12.5. The van der Waals surface area contributed by atoms with Crippen LogP contribution in [0, 0.1) is 16.0 Å². The van der Waals surface area contributed by atoms with E-state index in [4.69, 9.17) is 4.74 Å². The van der Waals surface area contributed by atoms with Gasteiger partial charge in [0.15, 0.2) is 0 Å². The summed E-state index contributed by atoms with van der Waals surface area (Å²) >= 11 is 1.58. The van der Waals surface area contributed by atoms with Gasteiger partial charge in [-0.2, -0.15) is 0 Å². The number of ether oxygens (including phenoxy) is 1. The number of H-pyrrole nitrogens is 1. The van der Waals surface area contributed by atoms with Crippen molar-refractivity contribution in [3.63, 3.8) is 0 Å². The summed E-state index contributed by atoms with van der Waals surface area (Å²) in [5, 5.41) is 11.5. The maximum Gasteiger partial charge on any atom is 0.273 e. The van der Waals surface area contributed by atoms with Gasteiger partial charge in [0, 0.05) is 10.9 Å². The highest BCUT2D eigenvalue weighted by Gasteiger charge is 2.23. The summed E-state index contributed by atoms with van der Waals surface area (Å²) in [6, 6.07) is 5.94. The van der Waals surface area contributed by atoms with E-state index < -0.39 is 4.92 Å².